The van der Waals surface area contributed by atoms with E-state index in [1.54, 1.807) is 12.1 Å². The van der Waals surface area contributed by atoms with Gasteiger partial charge in [-0.25, -0.2) is 9.59 Å². The molecule has 0 N–H and O–H groups in total. The van der Waals surface area contributed by atoms with Gasteiger partial charge < -0.3 is 14.2 Å². The third-order valence-corrected chi connectivity index (χ3v) is 5.98. The predicted molar refractivity (Wildman–Crippen MR) is 128 cm³/mol. The zero-order valence-corrected chi connectivity index (χ0v) is 18.8. The van der Waals surface area contributed by atoms with Gasteiger partial charge in [0, 0.05) is 5.41 Å². The molecule has 34 heavy (non-hydrogen) atoms. The Bertz CT molecular complexity index is 1350. The van der Waals surface area contributed by atoms with Crippen molar-refractivity contribution in [1.29, 1.82) is 0 Å². The molecule has 0 spiro atoms. The third-order valence-electron chi connectivity index (χ3n) is 5.98. The highest BCUT2D eigenvalue weighted by molar-refractivity contribution is 6.14. The summed E-state index contributed by atoms with van der Waals surface area (Å²) in [6, 6.07) is 30.3. The molecule has 0 aliphatic carbocycles. The minimum Gasteiger partial charge on any atom is -0.457 e. The molecule has 0 aromatic heterocycles. The van der Waals surface area contributed by atoms with Gasteiger partial charge >= 0.3 is 11.9 Å². The number of fused-ring (bicyclic) bond motifs is 1. The first-order valence-corrected chi connectivity index (χ1v) is 10.9. The van der Waals surface area contributed by atoms with Gasteiger partial charge in [-0.05, 0) is 65.7 Å². The number of carbonyl (C=O) groups excluding carboxylic acids is 2. The molecule has 4 aromatic rings. The van der Waals surface area contributed by atoms with Crippen molar-refractivity contribution in [2.75, 3.05) is 0 Å². The smallest absolute Gasteiger partial charge is 0.347 e. The summed E-state index contributed by atoms with van der Waals surface area (Å²) < 4.78 is 16.4. The second kappa shape index (κ2) is 8.52. The first-order valence-electron chi connectivity index (χ1n) is 10.9. The van der Waals surface area contributed by atoms with E-state index in [9.17, 15) is 9.59 Å². The van der Waals surface area contributed by atoms with Crippen molar-refractivity contribution in [2.24, 2.45) is 0 Å². The molecule has 1 aliphatic rings. The largest absolute Gasteiger partial charge is 0.457 e. The lowest BCUT2D eigenvalue weighted by Gasteiger charge is -2.26. The summed E-state index contributed by atoms with van der Waals surface area (Å²) in [4.78, 5) is 23.4. The summed E-state index contributed by atoms with van der Waals surface area (Å²) in [7, 11) is 0. The average Bonchev–Trinajstić information content (AvgIpc) is 3.13. The van der Waals surface area contributed by atoms with Gasteiger partial charge in [-0.2, -0.15) is 0 Å². The molecular weight excluding hydrogens is 428 g/mol. The van der Waals surface area contributed by atoms with E-state index < -0.39 is 11.9 Å². The minimum absolute atomic E-state index is 0.222. The number of cyclic esters (lactones) is 2. The highest BCUT2D eigenvalue weighted by Crippen LogP contribution is 2.35. The Labute approximate surface area is 197 Å². The van der Waals surface area contributed by atoms with Crippen LogP contribution in [0.15, 0.2) is 97.1 Å². The second-order valence-electron chi connectivity index (χ2n) is 8.58. The molecule has 168 valence electrons. The van der Waals surface area contributed by atoms with Gasteiger partial charge in [-0.1, -0.05) is 56.3 Å². The number of hydrogen-bond acceptors (Lipinski definition) is 5. The number of rotatable bonds is 6. The summed E-state index contributed by atoms with van der Waals surface area (Å²) in [5.74, 6) is 1.40. The van der Waals surface area contributed by atoms with Crippen molar-refractivity contribution in [1.82, 2.24) is 0 Å². The van der Waals surface area contributed by atoms with Gasteiger partial charge in [0.25, 0.3) is 0 Å². The van der Waals surface area contributed by atoms with Crippen LogP contribution in [0.4, 0.5) is 0 Å². The van der Waals surface area contributed by atoms with Crippen molar-refractivity contribution >= 4 is 11.9 Å². The Kier molecular flexibility index (Phi) is 5.38. The first-order chi connectivity index (χ1) is 16.4. The first kappa shape index (κ1) is 21.5. The minimum atomic E-state index is -0.650. The quantitative estimate of drug-likeness (QED) is 0.236. The number of para-hydroxylation sites is 1. The molecule has 0 bridgehead atoms. The van der Waals surface area contributed by atoms with Gasteiger partial charge in [0.2, 0.25) is 0 Å². The fraction of sp³-hybridized carbons (Fsp3) is 0.103. The van der Waals surface area contributed by atoms with E-state index in [-0.39, 0.29) is 16.5 Å². The highest BCUT2D eigenvalue weighted by atomic mass is 16.6. The predicted octanol–water partition coefficient (Wildman–Crippen LogP) is 6.91. The molecule has 5 nitrogen and oxygen atoms in total. The number of benzene rings is 4. The van der Waals surface area contributed by atoms with E-state index in [1.807, 2.05) is 66.7 Å². The van der Waals surface area contributed by atoms with E-state index in [4.69, 9.17) is 9.47 Å². The highest BCUT2D eigenvalue weighted by Gasteiger charge is 2.30. The summed E-state index contributed by atoms with van der Waals surface area (Å²) in [6.07, 6.45) is 0. The third kappa shape index (κ3) is 4.16. The maximum atomic E-state index is 11.8. The standard InChI is InChI=1S/C29H22O5/c1-29(2,19-8-12-22(13-9-19)32-21-6-4-3-5-7-21)20-10-14-23(15-11-20)33-24-16-17-25-26(18-24)28(31)34-27(25)30/h3-18H,1-2H3. The summed E-state index contributed by atoms with van der Waals surface area (Å²) in [6.45, 7) is 4.33. The summed E-state index contributed by atoms with van der Waals surface area (Å²) >= 11 is 0. The molecule has 1 aliphatic heterocycles. The van der Waals surface area contributed by atoms with Crippen LogP contribution in [0.2, 0.25) is 0 Å². The van der Waals surface area contributed by atoms with Crippen molar-refractivity contribution < 1.29 is 23.8 Å². The van der Waals surface area contributed by atoms with Crippen LogP contribution in [0.25, 0.3) is 0 Å². The van der Waals surface area contributed by atoms with Crippen molar-refractivity contribution in [2.45, 2.75) is 19.3 Å². The topological polar surface area (TPSA) is 61.8 Å². The van der Waals surface area contributed by atoms with Crippen LogP contribution >= 0.6 is 0 Å². The molecule has 0 unspecified atom stereocenters. The fourth-order valence-electron chi connectivity index (χ4n) is 3.93. The van der Waals surface area contributed by atoms with E-state index in [0.29, 0.717) is 11.5 Å². The molecule has 0 radical (unpaired) electrons. The maximum absolute atomic E-state index is 11.8. The molecule has 0 atom stereocenters. The molecular formula is C29H22O5. The van der Waals surface area contributed by atoms with Crippen LogP contribution in [0, 0.1) is 0 Å². The lowest BCUT2D eigenvalue weighted by atomic mass is 9.78. The van der Waals surface area contributed by atoms with Crippen LogP contribution in [0.5, 0.6) is 23.0 Å². The SMILES string of the molecule is CC(C)(c1ccc(Oc2ccccc2)cc1)c1ccc(Oc2ccc3c(c2)C(=O)OC3=O)cc1. The maximum Gasteiger partial charge on any atom is 0.347 e. The summed E-state index contributed by atoms with van der Waals surface area (Å²) in [5, 5.41) is 0. The van der Waals surface area contributed by atoms with Gasteiger partial charge in [0.1, 0.15) is 23.0 Å². The summed E-state index contributed by atoms with van der Waals surface area (Å²) in [5.41, 5.74) is 2.53. The normalized spacial score (nSPS) is 12.8. The lowest BCUT2D eigenvalue weighted by molar-refractivity contribution is 0.0443. The molecule has 4 aromatic carbocycles. The van der Waals surface area contributed by atoms with E-state index in [0.717, 1.165) is 22.6 Å². The molecule has 0 saturated carbocycles. The Hall–Kier alpha value is -4.38. The fourth-order valence-corrected chi connectivity index (χ4v) is 3.93. The second-order valence-corrected chi connectivity index (χ2v) is 8.58. The van der Waals surface area contributed by atoms with Gasteiger partial charge in [-0.15, -0.1) is 0 Å². The van der Waals surface area contributed by atoms with E-state index >= 15 is 0 Å². The molecule has 0 amide bonds. The number of hydrogen-bond donors (Lipinski definition) is 0. The van der Waals surface area contributed by atoms with Crippen LogP contribution in [0.1, 0.15) is 45.7 Å². The van der Waals surface area contributed by atoms with Crippen molar-refractivity contribution in [3.05, 3.63) is 119 Å². The number of ether oxygens (including phenoxy) is 3. The molecule has 0 fully saturated rings. The van der Waals surface area contributed by atoms with Crippen LogP contribution in [-0.2, 0) is 10.2 Å². The zero-order valence-electron chi connectivity index (χ0n) is 18.8. The Balaban J connectivity index is 1.30. The molecule has 1 heterocycles. The molecule has 5 rings (SSSR count). The van der Waals surface area contributed by atoms with Crippen molar-refractivity contribution in [3.63, 3.8) is 0 Å². The van der Waals surface area contributed by atoms with Gasteiger partial charge in [0.05, 0.1) is 11.1 Å². The number of carbonyl (C=O) groups is 2. The monoisotopic (exact) mass is 450 g/mol. The zero-order chi connectivity index (χ0) is 23.7. The van der Waals surface area contributed by atoms with Gasteiger partial charge in [0.15, 0.2) is 0 Å². The van der Waals surface area contributed by atoms with E-state index in [1.165, 1.54) is 6.07 Å². The van der Waals surface area contributed by atoms with Gasteiger partial charge in [-0.3, -0.25) is 0 Å². The Morgan fingerprint density at radius 3 is 1.62 bits per heavy atom. The lowest BCUT2D eigenvalue weighted by Crippen LogP contribution is -2.18. The van der Waals surface area contributed by atoms with E-state index in [2.05, 4.69) is 30.7 Å². The van der Waals surface area contributed by atoms with Crippen LogP contribution in [0.3, 0.4) is 0 Å². The Morgan fingerprint density at radius 2 is 1.03 bits per heavy atom. The number of esters is 2. The molecule has 0 saturated heterocycles. The Morgan fingerprint density at radius 1 is 0.559 bits per heavy atom. The van der Waals surface area contributed by atoms with Crippen LogP contribution < -0.4 is 9.47 Å². The van der Waals surface area contributed by atoms with Crippen molar-refractivity contribution in [3.8, 4) is 23.0 Å². The average molecular weight is 450 g/mol. The van der Waals surface area contributed by atoms with Crippen LogP contribution in [-0.4, -0.2) is 11.9 Å². The molecule has 5 heteroatoms.